The van der Waals surface area contributed by atoms with Gasteiger partial charge in [0.25, 0.3) is 0 Å². The number of aromatic nitrogens is 2. The van der Waals surface area contributed by atoms with Crippen molar-refractivity contribution < 1.29 is 0 Å². The van der Waals surface area contributed by atoms with Gasteiger partial charge in [-0.05, 0) is 42.8 Å². The van der Waals surface area contributed by atoms with Crippen LogP contribution >= 0.6 is 12.2 Å². The highest BCUT2D eigenvalue weighted by atomic mass is 32.1. The first-order valence-electron chi connectivity index (χ1n) is 8.27. The van der Waals surface area contributed by atoms with E-state index in [-0.39, 0.29) is 0 Å². The quantitative estimate of drug-likeness (QED) is 0.682. The predicted octanol–water partition coefficient (Wildman–Crippen LogP) is 4.03. The van der Waals surface area contributed by atoms with Gasteiger partial charge < -0.3 is 10.6 Å². The van der Waals surface area contributed by atoms with Crippen LogP contribution in [0.3, 0.4) is 0 Å². The van der Waals surface area contributed by atoms with Gasteiger partial charge in [0, 0.05) is 12.7 Å². The molecule has 0 atom stereocenters. The van der Waals surface area contributed by atoms with Crippen LogP contribution in [0.2, 0.25) is 0 Å². The van der Waals surface area contributed by atoms with E-state index in [1.165, 1.54) is 22.3 Å². The van der Waals surface area contributed by atoms with Crippen molar-refractivity contribution in [2.75, 3.05) is 5.32 Å². The van der Waals surface area contributed by atoms with E-state index in [0.29, 0.717) is 11.7 Å². The van der Waals surface area contributed by atoms with Gasteiger partial charge in [0.2, 0.25) is 0 Å². The van der Waals surface area contributed by atoms with E-state index >= 15 is 0 Å². The molecule has 0 fully saturated rings. The molecule has 0 saturated heterocycles. The molecule has 25 heavy (non-hydrogen) atoms. The average molecular weight is 350 g/mol. The summed E-state index contributed by atoms with van der Waals surface area (Å²) in [6.07, 6.45) is 3.75. The first-order chi connectivity index (χ1) is 12.1. The van der Waals surface area contributed by atoms with Crippen molar-refractivity contribution in [3.63, 3.8) is 0 Å². The van der Waals surface area contributed by atoms with Crippen LogP contribution in [0.1, 0.15) is 22.3 Å². The smallest absolute Gasteiger partial charge is 0.171 e. The summed E-state index contributed by atoms with van der Waals surface area (Å²) in [5.74, 6) is 0. The van der Waals surface area contributed by atoms with Crippen LogP contribution in [0.25, 0.3) is 0 Å². The van der Waals surface area contributed by atoms with E-state index in [1.54, 1.807) is 6.20 Å². The Morgan fingerprint density at radius 1 is 1.08 bits per heavy atom. The van der Waals surface area contributed by atoms with Gasteiger partial charge in [-0.15, -0.1) is 0 Å². The minimum Gasteiger partial charge on any atom is -0.358 e. The highest BCUT2D eigenvalue weighted by Gasteiger charge is 2.04. The fraction of sp³-hybridized carbons (Fsp3) is 0.200. The van der Waals surface area contributed by atoms with E-state index in [4.69, 9.17) is 12.2 Å². The van der Waals surface area contributed by atoms with E-state index in [2.05, 4.69) is 72.0 Å². The molecule has 3 rings (SSSR count). The molecule has 2 N–H and O–H groups in total. The van der Waals surface area contributed by atoms with Gasteiger partial charge in [0.1, 0.15) is 0 Å². The summed E-state index contributed by atoms with van der Waals surface area (Å²) < 4.78 is 1.91. The fourth-order valence-corrected chi connectivity index (χ4v) is 2.73. The molecule has 0 aliphatic rings. The van der Waals surface area contributed by atoms with Crippen LogP contribution in [0, 0.1) is 13.8 Å². The molecule has 0 aliphatic heterocycles. The van der Waals surface area contributed by atoms with Crippen LogP contribution in [0.5, 0.6) is 0 Å². The maximum Gasteiger partial charge on any atom is 0.171 e. The highest BCUT2D eigenvalue weighted by molar-refractivity contribution is 7.80. The molecule has 0 spiro atoms. The van der Waals surface area contributed by atoms with E-state index in [1.807, 2.05) is 16.9 Å². The van der Waals surface area contributed by atoms with Crippen LogP contribution in [0.15, 0.2) is 60.9 Å². The average Bonchev–Trinajstić information content (AvgIpc) is 3.03. The molecule has 0 amide bonds. The Morgan fingerprint density at radius 2 is 1.84 bits per heavy atom. The molecule has 0 bridgehead atoms. The maximum absolute atomic E-state index is 5.36. The number of thiocarbonyl (C=S) groups is 1. The Labute approximate surface area is 153 Å². The molecule has 128 valence electrons. The van der Waals surface area contributed by atoms with E-state index in [0.717, 1.165) is 12.2 Å². The molecule has 0 saturated carbocycles. The van der Waals surface area contributed by atoms with Crippen LogP contribution in [-0.2, 0) is 13.1 Å². The van der Waals surface area contributed by atoms with Gasteiger partial charge in [0.05, 0.1) is 18.4 Å². The van der Waals surface area contributed by atoms with Crippen molar-refractivity contribution in [2.45, 2.75) is 26.9 Å². The third kappa shape index (κ3) is 4.90. The monoisotopic (exact) mass is 350 g/mol. The predicted molar refractivity (Wildman–Crippen MR) is 107 cm³/mol. The van der Waals surface area contributed by atoms with Crippen molar-refractivity contribution in [2.24, 2.45) is 0 Å². The summed E-state index contributed by atoms with van der Waals surface area (Å²) in [4.78, 5) is 0. The van der Waals surface area contributed by atoms with E-state index in [9.17, 15) is 0 Å². The molecule has 4 nitrogen and oxygen atoms in total. The molecule has 5 heteroatoms. The molecule has 1 heterocycles. The maximum atomic E-state index is 5.36. The number of nitrogens with one attached hydrogen (secondary N) is 2. The van der Waals surface area contributed by atoms with Gasteiger partial charge in [-0.2, -0.15) is 5.10 Å². The third-order valence-electron chi connectivity index (χ3n) is 4.06. The second kappa shape index (κ2) is 7.94. The zero-order valence-electron chi connectivity index (χ0n) is 14.5. The van der Waals surface area contributed by atoms with Crippen molar-refractivity contribution in [3.05, 3.63) is 83.2 Å². The van der Waals surface area contributed by atoms with Crippen molar-refractivity contribution in [1.29, 1.82) is 0 Å². The lowest BCUT2D eigenvalue weighted by Gasteiger charge is -2.09. The lowest BCUT2D eigenvalue weighted by molar-refractivity contribution is 0.684. The van der Waals surface area contributed by atoms with Gasteiger partial charge in [-0.25, -0.2) is 0 Å². The van der Waals surface area contributed by atoms with Gasteiger partial charge in [-0.3, -0.25) is 4.68 Å². The molecule has 1 aromatic heterocycles. The summed E-state index contributed by atoms with van der Waals surface area (Å²) in [5.41, 5.74) is 5.87. The Morgan fingerprint density at radius 3 is 2.60 bits per heavy atom. The van der Waals surface area contributed by atoms with Crippen LogP contribution < -0.4 is 10.6 Å². The van der Waals surface area contributed by atoms with Crippen LogP contribution in [-0.4, -0.2) is 14.9 Å². The van der Waals surface area contributed by atoms with Gasteiger partial charge >= 0.3 is 0 Å². The van der Waals surface area contributed by atoms with Crippen LogP contribution in [0.4, 0.5) is 5.69 Å². The number of nitrogens with zero attached hydrogens (tertiary/aromatic N) is 2. The Balaban J connectivity index is 1.53. The number of hydrogen-bond acceptors (Lipinski definition) is 2. The lowest BCUT2D eigenvalue weighted by atomic mass is 10.1. The van der Waals surface area contributed by atoms with E-state index < -0.39 is 0 Å². The molecular formula is C20H22N4S. The summed E-state index contributed by atoms with van der Waals surface area (Å²) in [7, 11) is 0. The molecule has 0 radical (unpaired) electrons. The first-order valence-corrected chi connectivity index (χ1v) is 8.68. The molecule has 0 unspecified atom stereocenters. The molecule has 2 aromatic carbocycles. The van der Waals surface area contributed by atoms with Crippen molar-refractivity contribution >= 4 is 23.0 Å². The summed E-state index contributed by atoms with van der Waals surface area (Å²) in [5, 5.41) is 11.4. The Kier molecular flexibility index (Phi) is 5.46. The number of aryl methyl sites for hydroxylation is 2. The zero-order chi connectivity index (χ0) is 17.6. The topological polar surface area (TPSA) is 41.9 Å². The Hall–Kier alpha value is -2.66. The second-order valence-corrected chi connectivity index (χ2v) is 6.55. The first kappa shape index (κ1) is 17.2. The lowest BCUT2D eigenvalue weighted by Crippen LogP contribution is -2.27. The zero-order valence-corrected chi connectivity index (χ0v) is 15.3. The number of anilines is 1. The largest absolute Gasteiger partial charge is 0.358 e. The number of hydrogen-bond donors (Lipinski definition) is 2. The second-order valence-electron chi connectivity index (χ2n) is 6.15. The number of benzene rings is 2. The number of rotatable bonds is 5. The normalized spacial score (nSPS) is 10.5. The molecule has 0 aliphatic carbocycles. The molecular weight excluding hydrogens is 328 g/mol. The minimum atomic E-state index is 0.594. The fourth-order valence-electron chi connectivity index (χ4n) is 2.54. The van der Waals surface area contributed by atoms with Crippen molar-refractivity contribution in [1.82, 2.24) is 15.1 Å². The van der Waals surface area contributed by atoms with Gasteiger partial charge in [0.15, 0.2) is 5.11 Å². The summed E-state index contributed by atoms with van der Waals surface area (Å²) >= 11 is 5.36. The summed E-state index contributed by atoms with van der Waals surface area (Å²) in [6.45, 7) is 5.64. The third-order valence-corrected chi connectivity index (χ3v) is 4.30. The summed E-state index contributed by atoms with van der Waals surface area (Å²) in [6, 6.07) is 16.7. The minimum absolute atomic E-state index is 0.594. The van der Waals surface area contributed by atoms with Gasteiger partial charge in [-0.1, -0.05) is 54.1 Å². The standard InChI is InChI=1S/C20H22N4S/c1-15-7-9-17(10-8-15)11-21-20(25)23-19-12-22-24(14-19)13-18-6-4-3-5-16(18)2/h3-10,12,14H,11,13H2,1-2H3,(H2,21,23,25). The Bertz CT molecular complexity index is 852. The van der Waals surface area contributed by atoms with Crippen molar-refractivity contribution in [3.8, 4) is 0 Å². The molecule has 3 aromatic rings. The SMILES string of the molecule is Cc1ccc(CNC(=S)Nc2cnn(Cc3ccccc3C)c2)cc1. The highest BCUT2D eigenvalue weighted by Crippen LogP contribution is 2.11.